The van der Waals surface area contributed by atoms with Crippen molar-refractivity contribution in [3.8, 4) is 0 Å². The number of aromatic nitrogens is 2. The highest BCUT2D eigenvalue weighted by molar-refractivity contribution is 9.10. The molecule has 0 aliphatic carbocycles. The maximum atomic E-state index is 14.1. The third-order valence-electron chi connectivity index (χ3n) is 6.37. The highest BCUT2D eigenvalue weighted by Gasteiger charge is 2.35. The third-order valence-corrected chi connectivity index (χ3v) is 7.04. The van der Waals surface area contributed by atoms with Crippen molar-refractivity contribution in [2.75, 3.05) is 21.7 Å². The molecule has 1 aliphatic heterocycles. The molecule has 0 saturated heterocycles. The van der Waals surface area contributed by atoms with Crippen molar-refractivity contribution in [3.63, 3.8) is 0 Å². The molecule has 0 spiro atoms. The monoisotopic (exact) mass is 542 g/mol. The predicted octanol–water partition coefficient (Wildman–Crippen LogP) is 6.50. The van der Waals surface area contributed by atoms with Crippen LogP contribution in [0.15, 0.2) is 89.5 Å². The first-order chi connectivity index (χ1) is 17.4. The Morgan fingerprint density at radius 2 is 1.78 bits per heavy atom. The van der Waals surface area contributed by atoms with Crippen molar-refractivity contribution >= 4 is 50.8 Å². The summed E-state index contributed by atoms with van der Waals surface area (Å²) in [7, 11) is 0. The molecular weight excluding hydrogens is 516 g/mol. The molecule has 182 valence electrons. The van der Waals surface area contributed by atoms with E-state index in [0.29, 0.717) is 24.9 Å². The second-order valence-electron chi connectivity index (χ2n) is 9.33. The van der Waals surface area contributed by atoms with Crippen molar-refractivity contribution in [2.24, 2.45) is 5.73 Å². The topological polar surface area (TPSA) is 87.4 Å². The maximum Gasteiger partial charge on any atom is 0.335 e. The van der Waals surface area contributed by atoms with Crippen LogP contribution in [0.25, 0.3) is 0 Å². The fourth-order valence-electron chi connectivity index (χ4n) is 4.14. The van der Waals surface area contributed by atoms with E-state index in [1.54, 1.807) is 16.0 Å². The zero-order valence-corrected chi connectivity index (χ0v) is 21.7. The molecule has 7 nitrogen and oxygen atoms in total. The Kier molecular flexibility index (Phi) is 6.47. The highest BCUT2D eigenvalue weighted by Crippen LogP contribution is 2.39. The molecule has 0 bridgehead atoms. The Morgan fingerprint density at radius 3 is 2.53 bits per heavy atom. The summed E-state index contributed by atoms with van der Waals surface area (Å²) in [5, 5.41) is 3.24. The highest BCUT2D eigenvalue weighted by atomic mass is 79.9. The smallest absolute Gasteiger partial charge is 0.330 e. The number of nitrogens with one attached hydrogen (secondary N) is 1. The Labute approximate surface area is 219 Å². The zero-order valence-electron chi connectivity index (χ0n) is 20.1. The van der Waals surface area contributed by atoms with Crippen LogP contribution < -0.4 is 20.9 Å². The molecule has 0 unspecified atom stereocenters. The number of hydrogen-bond donors (Lipinski definition) is 2. The summed E-state index contributed by atoms with van der Waals surface area (Å²) >= 11 is 3.60. The van der Waals surface area contributed by atoms with Crippen molar-refractivity contribution < 1.29 is 4.79 Å². The number of nitrogens with two attached hydrogens (primary N) is 1. The van der Waals surface area contributed by atoms with Crippen LogP contribution >= 0.6 is 15.9 Å². The number of para-hydroxylation sites is 2. The quantitative estimate of drug-likeness (QED) is 0.290. The van der Waals surface area contributed by atoms with Crippen LogP contribution in [0.4, 0.5) is 33.6 Å². The molecule has 8 heteroatoms. The minimum atomic E-state index is -0.245. The van der Waals surface area contributed by atoms with Gasteiger partial charge in [0.1, 0.15) is 0 Å². The zero-order chi connectivity index (χ0) is 25.3. The second kappa shape index (κ2) is 9.72. The lowest BCUT2D eigenvalue weighted by Crippen LogP contribution is -2.45. The first kappa shape index (κ1) is 24.0. The third kappa shape index (κ3) is 4.57. The molecule has 2 amide bonds. The minimum absolute atomic E-state index is 0.193. The van der Waals surface area contributed by atoms with E-state index in [-0.39, 0.29) is 11.4 Å². The molecule has 3 N–H and O–H groups in total. The van der Waals surface area contributed by atoms with Gasteiger partial charge in [-0.05, 0) is 57.9 Å². The van der Waals surface area contributed by atoms with Crippen LogP contribution in [0.2, 0.25) is 0 Å². The molecule has 0 atom stereocenters. The fourth-order valence-corrected chi connectivity index (χ4v) is 4.64. The van der Waals surface area contributed by atoms with E-state index in [1.165, 1.54) is 0 Å². The van der Waals surface area contributed by atoms with Crippen molar-refractivity contribution in [1.82, 2.24) is 9.97 Å². The van der Waals surface area contributed by atoms with Gasteiger partial charge in [-0.15, -0.1) is 0 Å². The van der Waals surface area contributed by atoms with Gasteiger partial charge in [0.15, 0.2) is 5.82 Å². The molecule has 3 aromatic carbocycles. The fraction of sp³-hybridized carbons (Fsp3) is 0.179. The van der Waals surface area contributed by atoms with Crippen molar-refractivity contribution in [3.05, 3.63) is 101 Å². The number of amides is 2. The molecule has 4 aromatic rings. The second-order valence-corrected chi connectivity index (χ2v) is 10.2. The lowest BCUT2D eigenvalue weighted by atomic mass is 9.84. The minimum Gasteiger partial charge on any atom is -0.330 e. The summed E-state index contributed by atoms with van der Waals surface area (Å²) < 4.78 is 0.836. The Balaban J connectivity index is 1.63. The lowest BCUT2D eigenvalue weighted by Gasteiger charge is -2.37. The van der Waals surface area contributed by atoms with Gasteiger partial charge in [-0.2, -0.15) is 4.98 Å². The van der Waals surface area contributed by atoms with Crippen LogP contribution in [0.3, 0.4) is 0 Å². The summed E-state index contributed by atoms with van der Waals surface area (Å²) in [6.45, 7) is 5.02. The van der Waals surface area contributed by atoms with Gasteiger partial charge in [-0.3, -0.25) is 4.90 Å². The molecule has 5 rings (SSSR count). The average molecular weight is 543 g/mol. The van der Waals surface area contributed by atoms with Crippen molar-refractivity contribution in [2.45, 2.75) is 25.8 Å². The van der Waals surface area contributed by atoms with Gasteiger partial charge in [0.05, 0.1) is 17.9 Å². The number of carbonyl (C=O) groups excluding carboxylic acids is 1. The number of carbonyl (C=O) groups is 1. The standard InChI is InChI=1S/C28H27BrN6O/c1-28(2,18-30)20-9-8-12-22(15-20)35-25-19(16-31-26(33-25)32-21-10-4-3-5-11-21)17-34(27(35)36)24-14-7-6-13-23(24)29/h3-16H,17-18,30H2,1-2H3,(H,31,32,33). The summed E-state index contributed by atoms with van der Waals surface area (Å²) in [6.07, 6.45) is 1.78. The first-order valence-electron chi connectivity index (χ1n) is 11.7. The van der Waals surface area contributed by atoms with Crippen LogP contribution in [-0.4, -0.2) is 22.5 Å². The first-order valence-corrected chi connectivity index (χ1v) is 12.5. The van der Waals surface area contributed by atoms with Gasteiger partial charge in [-0.25, -0.2) is 14.7 Å². The molecule has 0 fully saturated rings. The Morgan fingerprint density at radius 1 is 1.03 bits per heavy atom. The number of halogens is 1. The number of hydrogen-bond acceptors (Lipinski definition) is 5. The summed E-state index contributed by atoms with van der Waals surface area (Å²) in [4.78, 5) is 26.8. The largest absolute Gasteiger partial charge is 0.335 e. The van der Waals surface area contributed by atoms with Crippen molar-refractivity contribution in [1.29, 1.82) is 0 Å². The van der Waals surface area contributed by atoms with Gasteiger partial charge in [-0.1, -0.05) is 56.3 Å². The van der Waals surface area contributed by atoms with E-state index in [0.717, 1.165) is 32.7 Å². The van der Waals surface area contributed by atoms with E-state index in [1.807, 2.05) is 78.9 Å². The van der Waals surface area contributed by atoms with Crippen LogP contribution in [-0.2, 0) is 12.0 Å². The van der Waals surface area contributed by atoms with Crippen LogP contribution in [0, 0.1) is 0 Å². The average Bonchev–Trinajstić information content (AvgIpc) is 2.89. The molecule has 2 heterocycles. The summed E-state index contributed by atoms with van der Waals surface area (Å²) in [5.74, 6) is 0.977. The molecule has 0 saturated carbocycles. The van der Waals surface area contributed by atoms with E-state index < -0.39 is 0 Å². The lowest BCUT2D eigenvalue weighted by molar-refractivity contribution is 0.252. The number of anilines is 5. The molecule has 0 radical (unpaired) electrons. The predicted molar refractivity (Wildman–Crippen MR) is 148 cm³/mol. The Hall–Kier alpha value is -3.75. The van der Waals surface area contributed by atoms with Gasteiger partial charge >= 0.3 is 6.03 Å². The molecule has 1 aromatic heterocycles. The summed E-state index contributed by atoms with van der Waals surface area (Å²) in [5.41, 5.74) is 10.1. The normalized spacial score (nSPS) is 13.5. The van der Waals surface area contributed by atoms with E-state index in [2.05, 4.69) is 40.1 Å². The molecule has 36 heavy (non-hydrogen) atoms. The Bertz CT molecular complexity index is 1410. The van der Waals surface area contributed by atoms with Gasteiger partial charge in [0.2, 0.25) is 5.95 Å². The molecular formula is C28H27BrN6O. The number of benzene rings is 3. The maximum absolute atomic E-state index is 14.1. The number of fused-ring (bicyclic) bond motifs is 1. The SMILES string of the molecule is CC(C)(CN)c1cccc(N2C(=O)N(c3ccccc3Br)Cc3cnc(Nc4ccccc4)nc32)c1. The van der Waals surface area contributed by atoms with Crippen LogP contribution in [0.1, 0.15) is 25.0 Å². The number of nitrogens with zero attached hydrogens (tertiary/aromatic N) is 4. The number of urea groups is 1. The van der Waals surface area contributed by atoms with E-state index in [4.69, 9.17) is 10.7 Å². The summed E-state index contributed by atoms with van der Waals surface area (Å²) in [6, 6.07) is 25.2. The molecule has 1 aliphatic rings. The van der Waals surface area contributed by atoms with Gasteiger partial charge in [0.25, 0.3) is 0 Å². The van der Waals surface area contributed by atoms with Gasteiger partial charge in [0, 0.05) is 33.9 Å². The number of rotatable bonds is 6. The van der Waals surface area contributed by atoms with Crippen LogP contribution in [0.5, 0.6) is 0 Å². The van der Waals surface area contributed by atoms with Gasteiger partial charge < -0.3 is 11.1 Å². The van der Waals surface area contributed by atoms with E-state index >= 15 is 0 Å². The van der Waals surface area contributed by atoms with E-state index in [9.17, 15) is 4.79 Å².